The lowest BCUT2D eigenvalue weighted by atomic mass is 10.3. The number of methoxy groups -OCH3 is 1. The molecule has 0 aliphatic carbocycles. The van der Waals surface area contributed by atoms with Crippen molar-refractivity contribution in [3.63, 3.8) is 0 Å². The summed E-state index contributed by atoms with van der Waals surface area (Å²) in [7, 11) is 5.48. The monoisotopic (exact) mass is 188 g/mol. The molecule has 1 unspecified atom stereocenters. The van der Waals surface area contributed by atoms with Crippen molar-refractivity contribution in [2.24, 2.45) is 0 Å². The fraction of sp³-hybridized carbons (Fsp3) is 0.889. The van der Waals surface area contributed by atoms with Gasteiger partial charge in [-0.25, -0.2) is 0 Å². The number of nitrogens with one attached hydrogen (secondary N) is 1. The molecule has 0 aromatic carbocycles. The van der Waals surface area contributed by atoms with Crippen LogP contribution < -0.4 is 5.32 Å². The molecule has 0 heterocycles. The maximum absolute atomic E-state index is 10.7. The second-order valence-corrected chi connectivity index (χ2v) is 3.34. The van der Waals surface area contributed by atoms with E-state index in [0.29, 0.717) is 19.0 Å². The number of hydrogen-bond donors (Lipinski definition) is 1. The highest BCUT2D eigenvalue weighted by Gasteiger charge is 2.04. The van der Waals surface area contributed by atoms with Crippen molar-refractivity contribution in [3.8, 4) is 0 Å². The fourth-order valence-corrected chi connectivity index (χ4v) is 0.786. The molecule has 0 rings (SSSR count). The van der Waals surface area contributed by atoms with Crippen molar-refractivity contribution in [1.29, 1.82) is 0 Å². The molecule has 4 nitrogen and oxygen atoms in total. The van der Waals surface area contributed by atoms with Gasteiger partial charge < -0.3 is 15.0 Å². The van der Waals surface area contributed by atoms with Crippen molar-refractivity contribution in [1.82, 2.24) is 10.2 Å². The summed E-state index contributed by atoms with van der Waals surface area (Å²) in [5, 5.41) is 3.19. The SMILES string of the molecule is COC(=O)CCNCC(C)N(C)C. The van der Waals surface area contributed by atoms with Gasteiger partial charge in [-0.05, 0) is 21.0 Å². The average molecular weight is 188 g/mol. The van der Waals surface area contributed by atoms with Crippen LogP contribution in [0.2, 0.25) is 0 Å². The van der Waals surface area contributed by atoms with E-state index in [1.54, 1.807) is 0 Å². The summed E-state index contributed by atoms with van der Waals surface area (Å²) in [4.78, 5) is 12.8. The van der Waals surface area contributed by atoms with Crippen LogP contribution in [0.3, 0.4) is 0 Å². The summed E-state index contributed by atoms with van der Waals surface area (Å²) < 4.78 is 4.52. The van der Waals surface area contributed by atoms with E-state index in [1.165, 1.54) is 7.11 Å². The van der Waals surface area contributed by atoms with Crippen molar-refractivity contribution in [3.05, 3.63) is 0 Å². The molecule has 0 amide bonds. The van der Waals surface area contributed by atoms with Crippen LogP contribution in [0.1, 0.15) is 13.3 Å². The molecule has 0 aromatic rings. The Hall–Kier alpha value is -0.610. The molecule has 78 valence electrons. The van der Waals surface area contributed by atoms with Crippen molar-refractivity contribution in [2.45, 2.75) is 19.4 Å². The Balaban J connectivity index is 3.30. The lowest BCUT2D eigenvalue weighted by molar-refractivity contribution is -0.140. The van der Waals surface area contributed by atoms with Gasteiger partial charge in [0.05, 0.1) is 13.5 Å². The minimum Gasteiger partial charge on any atom is -0.469 e. The summed E-state index contributed by atoms with van der Waals surface area (Å²) in [6.07, 6.45) is 0.441. The van der Waals surface area contributed by atoms with Crippen LogP contribution in [0.5, 0.6) is 0 Å². The Bertz CT molecular complexity index is 149. The summed E-state index contributed by atoms with van der Waals surface area (Å²) in [5.41, 5.74) is 0. The van der Waals surface area contributed by atoms with E-state index in [0.717, 1.165) is 6.54 Å². The van der Waals surface area contributed by atoms with E-state index in [9.17, 15) is 4.79 Å². The number of rotatable bonds is 6. The van der Waals surface area contributed by atoms with Crippen molar-refractivity contribution < 1.29 is 9.53 Å². The normalized spacial score (nSPS) is 13.0. The Kier molecular flexibility index (Phi) is 6.54. The lowest BCUT2D eigenvalue weighted by Gasteiger charge is -2.19. The van der Waals surface area contributed by atoms with Crippen molar-refractivity contribution >= 4 is 5.97 Å². The van der Waals surface area contributed by atoms with E-state index in [1.807, 2.05) is 14.1 Å². The molecule has 13 heavy (non-hydrogen) atoms. The smallest absolute Gasteiger partial charge is 0.306 e. The minimum absolute atomic E-state index is 0.162. The first-order chi connectivity index (χ1) is 6.07. The zero-order valence-electron chi connectivity index (χ0n) is 8.96. The summed E-state index contributed by atoms with van der Waals surface area (Å²) in [6.45, 7) is 3.71. The van der Waals surface area contributed by atoms with Crippen LogP contribution >= 0.6 is 0 Å². The van der Waals surface area contributed by atoms with Crippen molar-refractivity contribution in [2.75, 3.05) is 34.3 Å². The van der Waals surface area contributed by atoms with E-state index >= 15 is 0 Å². The molecule has 0 aromatic heterocycles. The molecule has 1 atom stereocenters. The van der Waals surface area contributed by atoms with Gasteiger partial charge in [-0.2, -0.15) is 0 Å². The number of hydrogen-bond acceptors (Lipinski definition) is 4. The highest BCUT2D eigenvalue weighted by Crippen LogP contribution is 1.88. The van der Waals surface area contributed by atoms with Crippen LogP contribution in [0, 0.1) is 0 Å². The summed E-state index contributed by atoms with van der Waals surface area (Å²) in [5.74, 6) is -0.162. The largest absolute Gasteiger partial charge is 0.469 e. The Labute approximate surface area is 80.2 Å². The van der Waals surface area contributed by atoms with E-state index in [4.69, 9.17) is 0 Å². The van der Waals surface area contributed by atoms with E-state index in [-0.39, 0.29) is 5.97 Å². The third-order valence-corrected chi connectivity index (χ3v) is 2.05. The predicted molar refractivity (Wildman–Crippen MR) is 52.7 cm³/mol. The first-order valence-corrected chi connectivity index (χ1v) is 4.52. The Morgan fingerprint density at radius 3 is 2.62 bits per heavy atom. The molecule has 1 N–H and O–H groups in total. The second-order valence-electron chi connectivity index (χ2n) is 3.34. The van der Waals surface area contributed by atoms with Crippen LogP contribution in [0.15, 0.2) is 0 Å². The molecule has 0 aliphatic rings. The van der Waals surface area contributed by atoms with E-state index in [2.05, 4.69) is 21.9 Å². The molecule has 0 aliphatic heterocycles. The standard InChI is InChI=1S/C9H20N2O2/c1-8(11(2)3)7-10-6-5-9(12)13-4/h8,10H,5-7H2,1-4H3. The molecule has 0 spiro atoms. The first-order valence-electron chi connectivity index (χ1n) is 4.52. The van der Waals surface area contributed by atoms with Gasteiger partial charge in [-0.15, -0.1) is 0 Å². The molecule has 0 saturated heterocycles. The Morgan fingerprint density at radius 1 is 1.54 bits per heavy atom. The van der Waals surface area contributed by atoms with Gasteiger partial charge in [0.25, 0.3) is 0 Å². The molecular formula is C9H20N2O2. The molecule has 4 heteroatoms. The topological polar surface area (TPSA) is 41.6 Å². The zero-order chi connectivity index (χ0) is 10.3. The molecule has 0 fully saturated rings. The predicted octanol–water partition coefficient (Wildman–Crippen LogP) is 0.0892. The van der Waals surface area contributed by atoms with Gasteiger partial charge >= 0.3 is 5.97 Å². The fourth-order valence-electron chi connectivity index (χ4n) is 0.786. The number of likely N-dealkylation sites (N-methyl/N-ethyl adjacent to an activating group) is 1. The van der Waals surface area contributed by atoms with Gasteiger partial charge in [-0.1, -0.05) is 0 Å². The maximum Gasteiger partial charge on any atom is 0.306 e. The number of esters is 1. The van der Waals surface area contributed by atoms with Gasteiger partial charge in [0.2, 0.25) is 0 Å². The zero-order valence-corrected chi connectivity index (χ0v) is 8.96. The number of carbonyl (C=O) groups is 1. The van der Waals surface area contributed by atoms with Crippen LogP contribution in [0.4, 0.5) is 0 Å². The highest BCUT2D eigenvalue weighted by atomic mass is 16.5. The van der Waals surface area contributed by atoms with Gasteiger partial charge in [-0.3, -0.25) is 4.79 Å². The molecule has 0 radical (unpaired) electrons. The maximum atomic E-state index is 10.7. The number of nitrogens with zero attached hydrogens (tertiary/aromatic N) is 1. The number of ether oxygens (including phenoxy) is 1. The minimum atomic E-state index is -0.162. The Morgan fingerprint density at radius 2 is 2.15 bits per heavy atom. The quantitative estimate of drug-likeness (QED) is 0.474. The summed E-state index contributed by atoms with van der Waals surface area (Å²) >= 11 is 0. The van der Waals surface area contributed by atoms with Gasteiger partial charge in [0, 0.05) is 19.1 Å². The van der Waals surface area contributed by atoms with Gasteiger partial charge in [0.1, 0.15) is 0 Å². The van der Waals surface area contributed by atoms with Crippen LogP contribution in [0.25, 0.3) is 0 Å². The number of carbonyl (C=O) groups excluding carboxylic acids is 1. The highest BCUT2D eigenvalue weighted by molar-refractivity contribution is 5.69. The van der Waals surface area contributed by atoms with E-state index < -0.39 is 0 Å². The lowest BCUT2D eigenvalue weighted by Crippen LogP contribution is -2.36. The van der Waals surface area contributed by atoms with Gasteiger partial charge in [0.15, 0.2) is 0 Å². The second kappa shape index (κ2) is 6.86. The summed E-state index contributed by atoms with van der Waals surface area (Å²) in [6, 6.07) is 0.484. The third-order valence-electron chi connectivity index (χ3n) is 2.05. The molecule has 0 bridgehead atoms. The molecular weight excluding hydrogens is 168 g/mol. The first kappa shape index (κ1) is 12.4. The van der Waals surface area contributed by atoms with Crippen LogP contribution in [-0.2, 0) is 9.53 Å². The average Bonchev–Trinajstić information content (AvgIpc) is 2.11. The third kappa shape index (κ3) is 6.54. The van der Waals surface area contributed by atoms with Crippen LogP contribution in [-0.4, -0.2) is 51.2 Å². The molecule has 0 saturated carbocycles.